The highest BCUT2D eigenvalue weighted by Gasteiger charge is 2.39. The summed E-state index contributed by atoms with van der Waals surface area (Å²) in [5.41, 5.74) is 5.24. The summed E-state index contributed by atoms with van der Waals surface area (Å²) in [6, 6.07) is 14.2. The third-order valence-corrected chi connectivity index (χ3v) is 3.79. The molecule has 2 aliphatic heterocycles. The standard InChI is InChI=1S/C15H11ClN4O2/c16-9-5-7-10(8-6-9)19-15(22)13-14(21)17-11-3-1-2-4-12(11)20(13)18-19/h1-8,18,22H,(H,17,21). The fourth-order valence-corrected chi connectivity index (χ4v) is 2.63. The molecule has 0 aliphatic carbocycles. The predicted octanol–water partition coefficient (Wildman–Crippen LogP) is 2.77. The summed E-state index contributed by atoms with van der Waals surface area (Å²) in [5.74, 6) is -0.547. The number of rotatable bonds is 1. The average Bonchev–Trinajstić information content (AvgIpc) is 2.87. The summed E-state index contributed by atoms with van der Waals surface area (Å²) in [6.45, 7) is 0. The number of aliphatic hydroxyl groups excluding tert-OH is 1. The maximum Gasteiger partial charge on any atom is 0.279 e. The van der Waals surface area contributed by atoms with Crippen molar-refractivity contribution >= 4 is 34.6 Å². The molecule has 6 nitrogen and oxygen atoms in total. The Bertz CT molecular complexity index is 803. The second-order valence-electron chi connectivity index (χ2n) is 4.89. The number of hydrogen-bond donors (Lipinski definition) is 3. The minimum Gasteiger partial charge on any atom is -0.492 e. The molecule has 2 aromatic rings. The Balaban J connectivity index is 1.80. The van der Waals surface area contributed by atoms with Crippen molar-refractivity contribution in [1.29, 1.82) is 0 Å². The molecule has 0 fully saturated rings. The summed E-state index contributed by atoms with van der Waals surface area (Å²) in [7, 11) is 0. The van der Waals surface area contributed by atoms with Crippen LogP contribution in [0.4, 0.5) is 17.1 Å². The molecule has 7 heteroatoms. The van der Waals surface area contributed by atoms with E-state index in [1.165, 1.54) is 5.01 Å². The van der Waals surface area contributed by atoms with Crippen molar-refractivity contribution in [2.24, 2.45) is 0 Å². The number of nitrogens with zero attached hydrogens (tertiary/aromatic N) is 2. The van der Waals surface area contributed by atoms with Gasteiger partial charge in [0.2, 0.25) is 5.88 Å². The summed E-state index contributed by atoms with van der Waals surface area (Å²) >= 11 is 5.88. The van der Waals surface area contributed by atoms with Crippen molar-refractivity contribution in [3.05, 3.63) is 65.1 Å². The van der Waals surface area contributed by atoms with Gasteiger partial charge >= 0.3 is 0 Å². The van der Waals surface area contributed by atoms with Crippen molar-refractivity contribution in [2.45, 2.75) is 0 Å². The lowest BCUT2D eigenvalue weighted by atomic mass is 10.2. The van der Waals surface area contributed by atoms with Crippen LogP contribution >= 0.6 is 11.6 Å². The van der Waals surface area contributed by atoms with Crippen molar-refractivity contribution in [1.82, 2.24) is 5.53 Å². The maximum absolute atomic E-state index is 12.2. The number of hydrogen-bond acceptors (Lipinski definition) is 5. The van der Waals surface area contributed by atoms with E-state index in [0.717, 1.165) is 5.69 Å². The van der Waals surface area contributed by atoms with Crippen molar-refractivity contribution in [3.63, 3.8) is 0 Å². The van der Waals surface area contributed by atoms with Crippen molar-refractivity contribution in [3.8, 4) is 0 Å². The van der Waals surface area contributed by atoms with E-state index < -0.39 is 0 Å². The number of carbonyl (C=O) groups is 1. The van der Waals surface area contributed by atoms with Gasteiger partial charge in [0.25, 0.3) is 5.91 Å². The van der Waals surface area contributed by atoms with E-state index in [9.17, 15) is 9.90 Å². The SMILES string of the molecule is O=C1Nc2ccccc2N2NN(c3ccc(Cl)cc3)C(O)=C12. The number of para-hydroxylation sites is 2. The van der Waals surface area contributed by atoms with Gasteiger partial charge in [-0.05, 0) is 36.4 Å². The molecule has 0 unspecified atom stereocenters. The zero-order valence-corrected chi connectivity index (χ0v) is 12.0. The monoisotopic (exact) mass is 314 g/mol. The molecule has 0 saturated carbocycles. The van der Waals surface area contributed by atoms with E-state index in [1.807, 2.05) is 18.2 Å². The number of amides is 1. The van der Waals surface area contributed by atoms with Gasteiger partial charge in [0.15, 0.2) is 5.70 Å². The molecule has 2 aliphatic rings. The topological polar surface area (TPSA) is 67.8 Å². The van der Waals surface area contributed by atoms with Crippen LogP contribution < -0.4 is 20.9 Å². The molecular formula is C15H11ClN4O2. The van der Waals surface area contributed by atoms with Gasteiger partial charge in [-0.25, -0.2) is 10.0 Å². The molecule has 0 saturated heterocycles. The lowest BCUT2D eigenvalue weighted by molar-refractivity contribution is -0.113. The van der Waals surface area contributed by atoms with Gasteiger partial charge in [0, 0.05) is 5.02 Å². The summed E-state index contributed by atoms with van der Waals surface area (Å²) < 4.78 is 0. The highest BCUT2D eigenvalue weighted by atomic mass is 35.5. The van der Waals surface area contributed by atoms with Crippen LogP contribution in [-0.4, -0.2) is 11.0 Å². The fourth-order valence-electron chi connectivity index (χ4n) is 2.51. The van der Waals surface area contributed by atoms with E-state index >= 15 is 0 Å². The van der Waals surface area contributed by atoms with Crippen LogP contribution in [0.15, 0.2) is 60.1 Å². The van der Waals surface area contributed by atoms with E-state index in [-0.39, 0.29) is 17.5 Å². The first-order valence-electron chi connectivity index (χ1n) is 6.61. The molecule has 0 spiro atoms. The number of hydrazine groups is 2. The largest absolute Gasteiger partial charge is 0.492 e. The minimum atomic E-state index is -0.375. The zero-order chi connectivity index (χ0) is 15.3. The smallest absolute Gasteiger partial charge is 0.279 e. The van der Waals surface area contributed by atoms with Gasteiger partial charge in [0.05, 0.1) is 17.1 Å². The van der Waals surface area contributed by atoms with Crippen LogP contribution in [0.5, 0.6) is 0 Å². The quantitative estimate of drug-likeness (QED) is 0.755. The third-order valence-electron chi connectivity index (χ3n) is 3.54. The van der Waals surface area contributed by atoms with Crippen LogP contribution in [-0.2, 0) is 4.79 Å². The van der Waals surface area contributed by atoms with Gasteiger partial charge in [-0.1, -0.05) is 23.7 Å². The number of fused-ring (bicyclic) bond motifs is 3. The molecule has 0 radical (unpaired) electrons. The molecule has 22 heavy (non-hydrogen) atoms. The van der Waals surface area contributed by atoms with Crippen LogP contribution in [0, 0.1) is 0 Å². The number of halogens is 1. The molecule has 1 amide bonds. The fraction of sp³-hybridized carbons (Fsp3) is 0. The van der Waals surface area contributed by atoms with Gasteiger partial charge in [0.1, 0.15) is 0 Å². The Hall–Kier alpha value is -2.70. The average molecular weight is 315 g/mol. The maximum atomic E-state index is 12.2. The van der Waals surface area contributed by atoms with E-state index in [1.54, 1.807) is 35.3 Å². The molecule has 2 heterocycles. The van der Waals surface area contributed by atoms with E-state index in [0.29, 0.717) is 16.4 Å². The Labute approximate surface area is 131 Å². The second-order valence-corrected chi connectivity index (χ2v) is 5.33. The summed E-state index contributed by atoms with van der Waals surface area (Å²) in [4.78, 5) is 12.2. The highest BCUT2D eigenvalue weighted by molar-refractivity contribution is 6.30. The second kappa shape index (κ2) is 4.66. The Morgan fingerprint density at radius 3 is 2.50 bits per heavy atom. The van der Waals surface area contributed by atoms with Crippen molar-refractivity contribution < 1.29 is 9.90 Å². The van der Waals surface area contributed by atoms with E-state index in [2.05, 4.69) is 10.9 Å². The van der Waals surface area contributed by atoms with Crippen LogP contribution in [0.2, 0.25) is 5.02 Å². The number of nitrogens with one attached hydrogen (secondary N) is 2. The highest BCUT2D eigenvalue weighted by Crippen LogP contribution is 2.37. The molecule has 2 aromatic carbocycles. The Kier molecular flexibility index (Phi) is 2.75. The van der Waals surface area contributed by atoms with Gasteiger partial charge in [-0.15, -0.1) is 5.53 Å². The van der Waals surface area contributed by atoms with Gasteiger partial charge in [-0.3, -0.25) is 4.79 Å². The number of anilines is 3. The molecule has 0 bridgehead atoms. The Morgan fingerprint density at radius 2 is 1.73 bits per heavy atom. The number of carbonyl (C=O) groups excluding carboxylic acids is 1. The molecule has 0 aromatic heterocycles. The zero-order valence-electron chi connectivity index (χ0n) is 11.2. The predicted molar refractivity (Wildman–Crippen MR) is 84.3 cm³/mol. The lowest BCUT2D eigenvalue weighted by Crippen LogP contribution is -2.45. The minimum absolute atomic E-state index is 0.147. The molecule has 3 N–H and O–H groups in total. The first kappa shape index (κ1) is 13.0. The Morgan fingerprint density at radius 1 is 1.00 bits per heavy atom. The normalized spacial score (nSPS) is 16.5. The molecule has 4 rings (SSSR count). The van der Waals surface area contributed by atoms with Crippen LogP contribution in [0.25, 0.3) is 0 Å². The first-order chi connectivity index (χ1) is 10.6. The van der Waals surface area contributed by atoms with E-state index in [4.69, 9.17) is 11.6 Å². The molecule has 0 atom stereocenters. The summed E-state index contributed by atoms with van der Waals surface area (Å²) in [6.07, 6.45) is 0. The van der Waals surface area contributed by atoms with Gasteiger partial charge in [-0.2, -0.15) is 0 Å². The lowest BCUT2D eigenvalue weighted by Gasteiger charge is -2.28. The molecule has 110 valence electrons. The van der Waals surface area contributed by atoms with Crippen LogP contribution in [0.3, 0.4) is 0 Å². The van der Waals surface area contributed by atoms with Crippen molar-refractivity contribution in [2.75, 3.05) is 15.3 Å². The number of benzene rings is 2. The first-order valence-corrected chi connectivity index (χ1v) is 6.99. The van der Waals surface area contributed by atoms with Crippen LogP contribution in [0.1, 0.15) is 0 Å². The van der Waals surface area contributed by atoms with Gasteiger partial charge < -0.3 is 10.4 Å². The summed E-state index contributed by atoms with van der Waals surface area (Å²) in [5, 5.41) is 16.7. The third kappa shape index (κ3) is 1.82. The number of aliphatic hydroxyl groups is 1. The molecular weight excluding hydrogens is 304 g/mol.